The standard InChI is InChI=1S/C12H21N3O2/c13-7-10(9-4-5-9)14-11(16)8-15-6-2-1-3-12(15)17/h9-10H,1-8,13H2,(H,14,16). The predicted octanol–water partition coefficient (Wildman–Crippen LogP) is -0.148. The molecule has 2 rings (SSSR count). The normalized spacial score (nSPS) is 22.4. The maximum atomic E-state index is 11.8. The molecule has 2 amide bonds. The first-order valence-electron chi connectivity index (χ1n) is 6.48. The molecule has 5 heteroatoms. The van der Waals surface area contributed by atoms with Crippen molar-refractivity contribution in [3.8, 4) is 0 Å². The van der Waals surface area contributed by atoms with Crippen molar-refractivity contribution in [3.05, 3.63) is 0 Å². The lowest BCUT2D eigenvalue weighted by Crippen LogP contribution is -2.48. The van der Waals surface area contributed by atoms with Crippen LogP contribution >= 0.6 is 0 Å². The van der Waals surface area contributed by atoms with Gasteiger partial charge in [0.25, 0.3) is 0 Å². The second-order valence-corrected chi connectivity index (χ2v) is 5.02. The smallest absolute Gasteiger partial charge is 0.239 e. The molecule has 0 aromatic carbocycles. The Morgan fingerprint density at radius 3 is 2.82 bits per heavy atom. The lowest BCUT2D eigenvalue weighted by Gasteiger charge is -2.27. The summed E-state index contributed by atoms with van der Waals surface area (Å²) < 4.78 is 0. The Bertz CT molecular complexity index is 302. The monoisotopic (exact) mass is 239 g/mol. The molecular weight excluding hydrogens is 218 g/mol. The van der Waals surface area contributed by atoms with Gasteiger partial charge in [0.05, 0.1) is 6.54 Å². The van der Waals surface area contributed by atoms with Crippen LogP contribution in [0.5, 0.6) is 0 Å². The summed E-state index contributed by atoms with van der Waals surface area (Å²) in [6, 6.07) is 0.0994. The number of carbonyl (C=O) groups is 2. The van der Waals surface area contributed by atoms with Gasteiger partial charge in [0.1, 0.15) is 0 Å². The second kappa shape index (κ2) is 5.49. The molecule has 0 bridgehead atoms. The number of amides is 2. The average Bonchev–Trinajstić information content (AvgIpc) is 3.13. The van der Waals surface area contributed by atoms with E-state index in [0.717, 1.165) is 25.7 Å². The summed E-state index contributed by atoms with van der Waals surface area (Å²) in [6.07, 6.45) is 4.85. The van der Waals surface area contributed by atoms with E-state index in [1.165, 1.54) is 0 Å². The van der Waals surface area contributed by atoms with E-state index in [1.54, 1.807) is 4.90 Å². The lowest BCUT2D eigenvalue weighted by molar-refractivity contribution is -0.138. The van der Waals surface area contributed by atoms with Crippen LogP contribution in [0.1, 0.15) is 32.1 Å². The molecule has 2 aliphatic rings. The maximum absolute atomic E-state index is 11.8. The van der Waals surface area contributed by atoms with Crippen molar-refractivity contribution in [2.75, 3.05) is 19.6 Å². The third-order valence-corrected chi connectivity index (χ3v) is 3.55. The highest BCUT2D eigenvalue weighted by Crippen LogP contribution is 2.32. The molecule has 1 saturated heterocycles. The van der Waals surface area contributed by atoms with Gasteiger partial charge in [0.2, 0.25) is 11.8 Å². The molecular formula is C12H21N3O2. The molecule has 5 nitrogen and oxygen atoms in total. The molecule has 2 fully saturated rings. The summed E-state index contributed by atoms with van der Waals surface area (Å²) in [6.45, 7) is 1.40. The summed E-state index contributed by atoms with van der Waals surface area (Å²) >= 11 is 0. The molecule has 1 unspecified atom stereocenters. The maximum Gasteiger partial charge on any atom is 0.239 e. The van der Waals surface area contributed by atoms with Gasteiger partial charge in [-0.1, -0.05) is 0 Å². The molecule has 1 aliphatic carbocycles. The van der Waals surface area contributed by atoms with Gasteiger partial charge < -0.3 is 16.0 Å². The number of hydrogen-bond donors (Lipinski definition) is 2. The van der Waals surface area contributed by atoms with E-state index in [0.29, 0.717) is 25.4 Å². The molecule has 3 N–H and O–H groups in total. The number of nitrogens with zero attached hydrogens (tertiary/aromatic N) is 1. The van der Waals surface area contributed by atoms with E-state index >= 15 is 0 Å². The Balaban J connectivity index is 1.77. The van der Waals surface area contributed by atoms with Crippen LogP contribution < -0.4 is 11.1 Å². The summed E-state index contributed by atoms with van der Waals surface area (Å²) in [4.78, 5) is 25.0. The third-order valence-electron chi connectivity index (χ3n) is 3.55. The van der Waals surface area contributed by atoms with Crippen LogP contribution in [0.4, 0.5) is 0 Å². The first-order chi connectivity index (χ1) is 8.20. The molecule has 1 aliphatic heterocycles. The van der Waals surface area contributed by atoms with Crippen LogP contribution in [-0.2, 0) is 9.59 Å². The first-order valence-corrected chi connectivity index (χ1v) is 6.48. The fourth-order valence-electron chi connectivity index (χ4n) is 2.32. The highest BCUT2D eigenvalue weighted by atomic mass is 16.2. The van der Waals surface area contributed by atoms with Crippen molar-refractivity contribution in [1.29, 1.82) is 0 Å². The number of carbonyl (C=O) groups excluding carboxylic acids is 2. The number of nitrogens with two attached hydrogens (primary N) is 1. The van der Waals surface area contributed by atoms with E-state index in [9.17, 15) is 9.59 Å². The van der Waals surface area contributed by atoms with Gasteiger partial charge in [-0.15, -0.1) is 0 Å². The number of hydrogen-bond acceptors (Lipinski definition) is 3. The number of likely N-dealkylation sites (tertiary alicyclic amines) is 1. The second-order valence-electron chi connectivity index (χ2n) is 5.02. The Morgan fingerprint density at radius 2 is 2.24 bits per heavy atom. The van der Waals surface area contributed by atoms with Gasteiger partial charge in [-0.05, 0) is 31.6 Å². The quantitative estimate of drug-likeness (QED) is 0.700. The van der Waals surface area contributed by atoms with E-state index < -0.39 is 0 Å². The minimum absolute atomic E-state index is 0.0670. The SMILES string of the molecule is NCC(NC(=O)CN1CCCCC1=O)C1CC1. The molecule has 0 spiro atoms. The zero-order valence-corrected chi connectivity index (χ0v) is 10.2. The molecule has 96 valence electrons. The Morgan fingerprint density at radius 1 is 1.47 bits per heavy atom. The van der Waals surface area contributed by atoms with Crippen molar-refractivity contribution < 1.29 is 9.59 Å². The van der Waals surface area contributed by atoms with Crippen LogP contribution in [0.15, 0.2) is 0 Å². The molecule has 0 radical (unpaired) electrons. The van der Waals surface area contributed by atoms with Gasteiger partial charge >= 0.3 is 0 Å². The molecule has 0 aromatic rings. The summed E-state index contributed by atoms with van der Waals surface area (Å²) in [5.41, 5.74) is 5.63. The Hall–Kier alpha value is -1.10. The molecule has 0 aromatic heterocycles. The van der Waals surface area contributed by atoms with Crippen molar-refractivity contribution in [2.24, 2.45) is 11.7 Å². The summed E-state index contributed by atoms with van der Waals surface area (Å²) in [5.74, 6) is 0.589. The Labute approximate surface area is 102 Å². The Kier molecular flexibility index (Phi) is 3.99. The van der Waals surface area contributed by atoms with E-state index in [-0.39, 0.29) is 24.4 Å². The lowest BCUT2D eigenvalue weighted by atomic mass is 10.1. The zero-order chi connectivity index (χ0) is 12.3. The third kappa shape index (κ3) is 3.43. The summed E-state index contributed by atoms with van der Waals surface area (Å²) in [5, 5.41) is 2.94. The van der Waals surface area contributed by atoms with Crippen LogP contribution in [0.2, 0.25) is 0 Å². The zero-order valence-electron chi connectivity index (χ0n) is 10.2. The van der Waals surface area contributed by atoms with Crippen LogP contribution in [-0.4, -0.2) is 42.4 Å². The van der Waals surface area contributed by atoms with Crippen molar-refractivity contribution >= 4 is 11.8 Å². The first kappa shape index (κ1) is 12.4. The summed E-state index contributed by atoms with van der Waals surface area (Å²) in [7, 11) is 0. The highest BCUT2D eigenvalue weighted by Gasteiger charge is 2.31. The van der Waals surface area contributed by atoms with Gasteiger partial charge in [-0.3, -0.25) is 9.59 Å². The van der Waals surface area contributed by atoms with Crippen LogP contribution in [0.25, 0.3) is 0 Å². The average molecular weight is 239 g/mol. The molecule has 1 heterocycles. The molecule has 17 heavy (non-hydrogen) atoms. The number of rotatable bonds is 5. The van der Waals surface area contributed by atoms with Crippen molar-refractivity contribution in [1.82, 2.24) is 10.2 Å². The highest BCUT2D eigenvalue weighted by molar-refractivity contribution is 5.85. The van der Waals surface area contributed by atoms with Gasteiger partial charge in [-0.25, -0.2) is 0 Å². The number of nitrogens with one attached hydrogen (secondary N) is 1. The van der Waals surface area contributed by atoms with Crippen LogP contribution in [0, 0.1) is 5.92 Å². The van der Waals surface area contributed by atoms with E-state index in [2.05, 4.69) is 5.32 Å². The van der Waals surface area contributed by atoms with Gasteiger partial charge in [0.15, 0.2) is 0 Å². The topological polar surface area (TPSA) is 75.4 Å². The van der Waals surface area contributed by atoms with Crippen LogP contribution in [0.3, 0.4) is 0 Å². The van der Waals surface area contributed by atoms with Gasteiger partial charge in [-0.2, -0.15) is 0 Å². The van der Waals surface area contributed by atoms with E-state index in [4.69, 9.17) is 5.73 Å². The minimum atomic E-state index is -0.0670. The largest absolute Gasteiger partial charge is 0.350 e. The van der Waals surface area contributed by atoms with Crippen molar-refractivity contribution in [3.63, 3.8) is 0 Å². The molecule has 1 saturated carbocycles. The van der Waals surface area contributed by atoms with E-state index in [1.807, 2.05) is 0 Å². The fraction of sp³-hybridized carbons (Fsp3) is 0.833. The van der Waals surface area contributed by atoms with Gasteiger partial charge in [0, 0.05) is 25.6 Å². The molecule has 1 atom stereocenters. The minimum Gasteiger partial charge on any atom is -0.350 e. The number of piperidine rings is 1. The van der Waals surface area contributed by atoms with Crippen molar-refractivity contribution in [2.45, 2.75) is 38.1 Å². The fourth-order valence-corrected chi connectivity index (χ4v) is 2.32. The predicted molar refractivity (Wildman–Crippen MR) is 64.1 cm³/mol.